The molecule has 6 heteroatoms. The van der Waals surface area contributed by atoms with E-state index in [-0.39, 0.29) is 12.6 Å². The fraction of sp³-hybridized carbons (Fsp3) is 0.455. The summed E-state index contributed by atoms with van der Waals surface area (Å²) in [7, 11) is 1.59. The summed E-state index contributed by atoms with van der Waals surface area (Å²) in [6.45, 7) is 2.48. The zero-order valence-corrected chi connectivity index (χ0v) is 12.0. The highest BCUT2D eigenvalue weighted by Gasteiger charge is 2.16. The number of rotatable bonds is 5. The molecule has 4 nitrogen and oxygen atoms in total. The van der Waals surface area contributed by atoms with Gasteiger partial charge in [0.25, 0.3) is 0 Å². The topological polar surface area (TPSA) is 48.4 Å². The van der Waals surface area contributed by atoms with Crippen molar-refractivity contribution >= 4 is 33.2 Å². The summed E-state index contributed by atoms with van der Waals surface area (Å²) in [5, 5.41) is 0.775. The number of carbonyl (C=O) groups is 1. The largest absolute Gasteiger partial charge is 0.460 e. The summed E-state index contributed by atoms with van der Waals surface area (Å²) < 4.78 is 10.0. The molecule has 0 N–H and O–H groups in total. The number of methoxy groups -OCH3 is 1. The minimum absolute atomic E-state index is 0.286. The van der Waals surface area contributed by atoms with Crippen LogP contribution in [0.5, 0.6) is 0 Å². The van der Waals surface area contributed by atoms with Crippen LogP contribution in [0.3, 0.4) is 0 Å². The summed E-state index contributed by atoms with van der Waals surface area (Å²) in [6.07, 6.45) is 0.514. The Morgan fingerprint density at radius 1 is 1.59 bits per heavy atom. The quantitative estimate of drug-likeness (QED) is 0.475. The number of hydrogen-bond donors (Lipinski definition) is 0. The van der Waals surface area contributed by atoms with Gasteiger partial charge in [0.1, 0.15) is 16.5 Å². The number of aromatic nitrogens is 1. The van der Waals surface area contributed by atoms with Crippen LogP contribution in [0.1, 0.15) is 26.8 Å². The van der Waals surface area contributed by atoms with Crippen molar-refractivity contribution in [2.24, 2.45) is 0 Å². The molecular formula is C11H12BrNO3S. The molecule has 0 spiro atoms. The highest BCUT2D eigenvalue weighted by molar-refractivity contribution is 9.12. The monoisotopic (exact) mass is 317 g/mol. The first-order valence-corrected chi connectivity index (χ1v) is 6.50. The van der Waals surface area contributed by atoms with E-state index < -0.39 is 0 Å². The Kier molecular flexibility index (Phi) is 6.19. The van der Waals surface area contributed by atoms with Crippen LogP contribution in [-0.4, -0.2) is 24.7 Å². The molecule has 0 fully saturated rings. The molecule has 17 heavy (non-hydrogen) atoms. The molecule has 0 aromatic carbocycles. The van der Waals surface area contributed by atoms with Crippen LogP contribution >= 0.6 is 27.3 Å². The lowest BCUT2D eigenvalue weighted by molar-refractivity contribution is 0.0518. The zero-order valence-electron chi connectivity index (χ0n) is 9.58. The van der Waals surface area contributed by atoms with Gasteiger partial charge in [0.2, 0.25) is 0 Å². The first kappa shape index (κ1) is 14.2. The molecular weight excluding hydrogens is 306 g/mol. The highest BCUT2D eigenvalue weighted by Crippen LogP contribution is 2.19. The van der Waals surface area contributed by atoms with Gasteiger partial charge in [-0.05, 0) is 11.8 Å². The lowest BCUT2D eigenvalue weighted by Gasteiger charge is -1.99. The van der Waals surface area contributed by atoms with Crippen LogP contribution in [0.15, 0.2) is 0 Å². The maximum absolute atomic E-state index is 11.7. The lowest BCUT2D eigenvalue weighted by atomic mass is 10.4. The minimum atomic E-state index is -0.348. The Balaban J connectivity index is 2.57. The Bertz CT molecular complexity index is 447. The van der Waals surface area contributed by atoms with Gasteiger partial charge >= 0.3 is 5.97 Å². The molecule has 0 saturated carbocycles. The average Bonchev–Trinajstić information content (AvgIpc) is 2.66. The smallest absolute Gasteiger partial charge is 0.350 e. The molecule has 0 aliphatic heterocycles. The number of nitrogens with zero attached hydrogens (tertiary/aromatic N) is 1. The van der Waals surface area contributed by atoms with Crippen molar-refractivity contribution in [3.63, 3.8) is 0 Å². The summed E-state index contributed by atoms with van der Waals surface area (Å²) in [5.41, 5.74) is 0.679. The standard InChI is InChI=1S/C11H12BrNO3S/c1-8-10(17-9(13-8)7-15-2)11(14)16-6-4-3-5-12/h4,6-7H2,1-2H3. The minimum Gasteiger partial charge on any atom is -0.460 e. The number of ether oxygens (including phenoxy) is 2. The molecule has 0 saturated heterocycles. The van der Waals surface area contributed by atoms with Gasteiger partial charge in [-0.2, -0.15) is 0 Å². The van der Waals surface area contributed by atoms with Gasteiger partial charge in [-0.25, -0.2) is 9.78 Å². The molecule has 0 radical (unpaired) electrons. The second-order valence-electron chi connectivity index (χ2n) is 3.11. The molecule has 0 amide bonds. The van der Waals surface area contributed by atoms with E-state index in [0.717, 1.165) is 5.01 Å². The van der Waals surface area contributed by atoms with Crippen LogP contribution in [0.4, 0.5) is 0 Å². The molecule has 1 heterocycles. The van der Waals surface area contributed by atoms with E-state index in [9.17, 15) is 4.79 Å². The van der Waals surface area contributed by atoms with Gasteiger partial charge in [-0.3, -0.25) is 0 Å². The zero-order chi connectivity index (χ0) is 12.7. The number of hydrogen-bond acceptors (Lipinski definition) is 5. The van der Waals surface area contributed by atoms with Gasteiger partial charge in [-0.15, -0.1) is 11.3 Å². The maximum atomic E-state index is 11.7. The summed E-state index contributed by atoms with van der Waals surface area (Å²) in [6, 6.07) is 0. The fourth-order valence-electron chi connectivity index (χ4n) is 1.13. The number of aryl methyl sites for hydroxylation is 1. The lowest BCUT2D eigenvalue weighted by Crippen LogP contribution is -2.05. The number of carbonyl (C=O) groups excluding carboxylic acids is 1. The average molecular weight is 318 g/mol. The van der Waals surface area contributed by atoms with E-state index in [4.69, 9.17) is 9.47 Å². The van der Waals surface area contributed by atoms with Gasteiger partial charge in [-0.1, -0.05) is 5.92 Å². The van der Waals surface area contributed by atoms with Crippen LogP contribution in [-0.2, 0) is 16.1 Å². The highest BCUT2D eigenvalue weighted by atomic mass is 79.9. The molecule has 0 bridgehead atoms. The Morgan fingerprint density at radius 2 is 2.35 bits per heavy atom. The van der Waals surface area contributed by atoms with E-state index >= 15 is 0 Å². The van der Waals surface area contributed by atoms with E-state index in [2.05, 4.69) is 31.7 Å². The van der Waals surface area contributed by atoms with Crippen molar-refractivity contribution in [1.29, 1.82) is 0 Å². The van der Waals surface area contributed by atoms with Crippen molar-refractivity contribution in [3.05, 3.63) is 15.6 Å². The number of halogens is 1. The molecule has 92 valence electrons. The van der Waals surface area contributed by atoms with Gasteiger partial charge in [0, 0.05) is 29.5 Å². The fourth-order valence-corrected chi connectivity index (χ4v) is 2.26. The van der Waals surface area contributed by atoms with Crippen molar-refractivity contribution in [2.45, 2.75) is 20.0 Å². The molecule has 1 aromatic heterocycles. The maximum Gasteiger partial charge on any atom is 0.350 e. The normalized spacial score (nSPS) is 9.59. The van der Waals surface area contributed by atoms with Crippen molar-refractivity contribution < 1.29 is 14.3 Å². The van der Waals surface area contributed by atoms with E-state index in [1.165, 1.54) is 11.3 Å². The molecule has 0 atom stereocenters. The van der Waals surface area contributed by atoms with Crippen LogP contribution in [0.2, 0.25) is 0 Å². The first-order valence-electron chi connectivity index (χ1n) is 4.90. The third kappa shape index (κ3) is 4.46. The molecule has 0 unspecified atom stereocenters. The first-order chi connectivity index (χ1) is 8.19. The predicted octanol–water partition coefficient (Wildman–Crippen LogP) is 2.50. The Hall–Kier alpha value is -0.900. The third-order valence-corrected chi connectivity index (χ3v) is 3.21. The molecule has 1 rings (SSSR count). The molecule has 1 aromatic rings. The predicted molar refractivity (Wildman–Crippen MR) is 69.2 cm³/mol. The summed E-state index contributed by atoms with van der Waals surface area (Å²) in [4.78, 5) is 19.0. The van der Waals surface area contributed by atoms with Gasteiger partial charge < -0.3 is 9.47 Å². The van der Waals surface area contributed by atoms with Crippen LogP contribution in [0, 0.1) is 17.7 Å². The molecule has 0 aliphatic carbocycles. The van der Waals surface area contributed by atoms with Gasteiger partial charge in [0.15, 0.2) is 0 Å². The summed E-state index contributed by atoms with van der Waals surface area (Å²) >= 11 is 4.27. The van der Waals surface area contributed by atoms with Crippen LogP contribution < -0.4 is 0 Å². The molecule has 0 aliphatic rings. The van der Waals surface area contributed by atoms with E-state index in [0.29, 0.717) is 23.6 Å². The summed E-state index contributed by atoms with van der Waals surface area (Å²) in [5.74, 6) is 2.40. The van der Waals surface area contributed by atoms with E-state index in [1.54, 1.807) is 14.0 Å². The van der Waals surface area contributed by atoms with Gasteiger partial charge in [0.05, 0.1) is 12.3 Å². The number of esters is 1. The second kappa shape index (κ2) is 7.43. The van der Waals surface area contributed by atoms with Crippen molar-refractivity contribution in [3.8, 4) is 10.8 Å². The van der Waals surface area contributed by atoms with Crippen LogP contribution in [0.25, 0.3) is 0 Å². The SMILES string of the molecule is COCc1nc(C)c(C(=O)OCCC#CBr)s1. The Labute approximate surface area is 112 Å². The number of thiazole rings is 1. The van der Waals surface area contributed by atoms with Crippen molar-refractivity contribution in [2.75, 3.05) is 13.7 Å². The van der Waals surface area contributed by atoms with E-state index in [1.807, 2.05) is 0 Å². The van der Waals surface area contributed by atoms with Crippen molar-refractivity contribution in [1.82, 2.24) is 4.98 Å². The Morgan fingerprint density at radius 3 is 3.00 bits per heavy atom. The second-order valence-corrected chi connectivity index (χ2v) is 4.59. The third-order valence-electron chi connectivity index (χ3n) is 1.82.